The lowest BCUT2D eigenvalue weighted by atomic mass is 9.79. The molecule has 0 unspecified atom stereocenters. The first-order valence-electron chi connectivity index (χ1n) is 32.1. The number of ether oxygens (including phenoxy) is 11. The van der Waals surface area contributed by atoms with Crippen molar-refractivity contribution in [2.24, 2.45) is 0 Å². The Morgan fingerprint density at radius 3 is 1.12 bits per heavy atom. The van der Waals surface area contributed by atoms with Gasteiger partial charge < -0.3 is 52.1 Å². The van der Waals surface area contributed by atoms with E-state index in [-0.39, 0.29) is 26.4 Å². The second kappa shape index (κ2) is 29.4. The van der Waals surface area contributed by atoms with Crippen LogP contribution in [0.3, 0.4) is 0 Å². The van der Waals surface area contributed by atoms with E-state index in [2.05, 4.69) is 115 Å². The SMILES string of the molecule is COc1ccc(C(OCc2ccc(COc3ncnc4c3ncn4[C@H]3C[CH][C@H](COC(c4ccccc4)(c4ccc(OC)cc4)c4ccc(OC)cc4)O3)cc2COC(c2ccccc2)(c2ccc(OC)cc2)c2ccc(OC)cc2)(c2ccccc2)c2ccc(OC)cc2)cc1. The van der Waals surface area contributed by atoms with E-state index in [0.717, 1.165) is 101 Å². The summed E-state index contributed by atoms with van der Waals surface area (Å²) in [6, 6.07) is 85.2. The highest BCUT2D eigenvalue weighted by Gasteiger charge is 2.42. The number of hydrogen-bond donors (Lipinski definition) is 0. The van der Waals surface area contributed by atoms with Gasteiger partial charge >= 0.3 is 0 Å². The summed E-state index contributed by atoms with van der Waals surface area (Å²) in [5, 5.41) is 0. The smallest absolute Gasteiger partial charge is 0.245 e. The average Bonchev–Trinajstić information content (AvgIpc) is 1.42. The van der Waals surface area contributed by atoms with Crippen molar-refractivity contribution < 1.29 is 52.1 Å². The minimum Gasteiger partial charge on any atom is -0.497 e. The zero-order valence-corrected chi connectivity index (χ0v) is 55.0. The molecule has 13 rings (SSSR count). The van der Waals surface area contributed by atoms with Crippen molar-refractivity contribution in [1.82, 2.24) is 19.5 Å². The summed E-state index contributed by atoms with van der Waals surface area (Å²) in [5.41, 5.74) is 8.56. The summed E-state index contributed by atoms with van der Waals surface area (Å²) in [6.45, 7) is 0.615. The Hall–Kier alpha value is -10.8. The maximum absolute atomic E-state index is 7.67. The second-order valence-corrected chi connectivity index (χ2v) is 23.4. The van der Waals surface area contributed by atoms with Gasteiger partial charge in [-0.2, -0.15) is 4.98 Å². The van der Waals surface area contributed by atoms with E-state index in [1.165, 1.54) is 6.33 Å². The molecule has 0 bridgehead atoms. The van der Waals surface area contributed by atoms with E-state index in [1.807, 2.05) is 156 Å². The van der Waals surface area contributed by atoms with E-state index in [9.17, 15) is 0 Å². The Morgan fingerprint density at radius 1 is 0.381 bits per heavy atom. The van der Waals surface area contributed by atoms with Crippen LogP contribution >= 0.6 is 0 Å². The highest BCUT2D eigenvalue weighted by molar-refractivity contribution is 5.76. The van der Waals surface area contributed by atoms with Crippen molar-refractivity contribution >= 4 is 11.2 Å². The lowest BCUT2D eigenvalue weighted by Crippen LogP contribution is -2.35. The maximum atomic E-state index is 7.67. The largest absolute Gasteiger partial charge is 0.497 e. The van der Waals surface area contributed by atoms with Crippen LogP contribution in [-0.2, 0) is 55.6 Å². The molecule has 15 nitrogen and oxygen atoms in total. The van der Waals surface area contributed by atoms with Gasteiger partial charge in [0.15, 0.2) is 11.2 Å². The van der Waals surface area contributed by atoms with Gasteiger partial charge in [-0.25, -0.2) is 9.97 Å². The first-order valence-corrected chi connectivity index (χ1v) is 32.1. The zero-order chi connectivity index (χ0) is 66.6. The molecule has 1 saturated heterocycles. The molecule has 2 atom stereocenters. The Morgan fingerprint density at radius 2 is 0.742 bits per heavy atom. The van der Waals surface area contributed by atoms with Gasteiger partial charge in [0.1, 0.15) is 70.5 Å². The molecule has 489 valence electrons. The molecule has 0 aliphatic carbocycles. The topological polar surface area (TPSA) is 145 Å². The van der Waals surface area contributed by atoms with Crippen LogP contribution in [0.1, 0.15) is 79.4 Å². The van der Waals surface area contributed by atoms with Crippen LogP contribution in [0.15, 0.2) is 267 Å². The summed E-state index contributed by atoms with van der Waals surface area (Å²) in [4.78, 5) is 14.3. The van der Waals surface area contributed by atoms with Crippen LogP contribution in [0.2, 0.25) is 0 Å². The van der Waals surface area contributed by atoms with Gasteiger partial charge in [-0.05, 0) is 158 Å². The van der Waals surface area contributed by atoms with E-state index < -0.39 is 29.1 Å². The Bertz CT molecular complexity index is 4360. The van der Waals surface area contributed by atoms with Gasteiger partial charge in [0.2, 0.25) is 5.88 Å². The Balaban J connectivity index is 0.829. The molecule has 10 aromatic carbocycles. The number of imidazole rings is 1. The van der Waals surface area contributed by atoms with Crippen molar-refractivity contribution in [3.8, 4) is 40.4 Å². The van der Waals surface area contributed by atoms with Crippen LogP contribution in [0, 0.1) is 6.42 Å². The van der Waals surface area contributed by atoms with Crippen LogP contribution in [0.5, 0.6) is 40.4 Å². The van der Waals surface area contributed by atoms with Crippen molar-refractivity contribution in [1.29, 1.82) is 0 Å². The average molecular weight is 1290 g/mol. The summed E-state index contributed by atoms with van der Waals surface area (Å²) in [7, 11) is 9.99. The van der Waals surface area contributed by atoms with Crippen LogP contribution < -0.4 is 33.2 Å². The Kier molecular flexibility index (Phi) is 19.7. The molecule has 0 N–H and O–H groups in total. The molecule has 1 fully saturated rings. The molecule has 3 heterocycles. The minimum atomic E-state index is -1.15. The van der Waals surface area contributed by atoms with Crippen LogP contribution in [0.4, 0.5) is 0 Å². The molecule has 12 aromatic rings. The fraction of sp³-hybridized carbons (Fsp3) is 0.195. The van der Waals surface area contributed by atoms with Gasteiger partial charge in [-0.3, -0.25) is 4.57 Å². The quantitative estimate of drug-likeness (QED) is 0.0429. The van der Waals surface area contributed by atoms with E-state index in [0.29, 0.717) is 23.5 Å². The van der Waals surface area contributed by atoms with Gasteiger partial charge in [-0.1, -0.05) is 176 Å². The number of rotatable bonds is 28. The zero-order valence-electron chi connectivity index (χ0n) is 55.0. The number of nitrogens with zero attached hydrogens (tertiary/aromatic N) is 4. The van der Waals surface area contributed by atoms with Gasteiger partial charge in [0, 0.05) is 0 Å². The Labute approximate surface area is 565 Å². The molecule has 97 heavy (non-hydrogen) atoms. The molecular formula is C82H75N4O11. The number of aromatic nitrogens is 4. The number of benzene rings is 10. The first kappa shape index (κ1) is 64.9. The first-order chi connectivity index (χ1) is 47.7. The normalized spacial score (nSPS) is 14.0. The molecule has 1 aliphatic heterocycles. The van der Waals surface area contributed by atoms with Gasteiger partial charge in [0.25, 0.3) is 0 Å². The molecule has 1 radical (unpaired) electrons. The summed E-state index contributed by atoms with van der Waals surface area (Å²) in [5.74, 6) is 4.68. The third kappa shape index (κ3) is 13.2. The van der Waals surface area contributed by atoms with E-state index in [1.54, 1.807) is 49.0 Å². The van der Waals surface area contributed by atoms with Crippen LogP contribution in [-0.4, -0.2) is 74.9 Å². The molecule has 2 aromatic heterocycles. The molecule has 0 saturated carbocycles. The molecule has 1 aliphatic rings. The van der Waals surface area contributed by atoms with Crippen molar-refractivity contribution in [2.75, 3.05) is 49.3 Å². The predicted molar refractivity (Wildman–Crippen MR) is 371 cm³/mol. The standard InChI is InChI=1S/C82H75N4O11/c1-87-69-36-24-63(25-37-69)80(60-16-10-7-11-17-60,64-26-38-70(88-2)39-27-64)94-52-58-23-22-57(50-59(58)53-95-81(61-18-12-8-13-19-61,65-28-40-71(89-3)41-29-65)66-30-42-72(90-4)43-31-66)51-93-79-77-78(83-55-84-79)86(56-85-77)76-49-48-75(97-76)54-96-82(62-20-14-9-15-21-62,67-32-44-73(91-5)45-33-67)68-34-46-74(92-6)47-35-68/h7-48,50,55-56,75-76H,49,51-54H2,1-6H3/t75-,76-/m1/s1. The number of methoxy groups -OCH3 is 6. The second-order valence-electron chi connectivity index (χ2n) is 23.4. The third-order valence-electron chi connectivity index (χ3n) is 18.1. The summed E-state index contributed by atoms with van der Waals surface area (Å²) >= 11 is 0. The highest BCUT2D eigenvalue weighted by atomic mass is 16.6. The lowest BCUT2D eigenvalue weighted by molar-refractivity contribution is -0.0702. The molecule has 0 spiro atoms. The summed E-state index contributed by atoms with van der Waals surface area (Å²) < 4.78 is 72.0. The third-order valence-corrected chi connectivity index (χ3v) is 18.1. The van der Waals surface area contributed by atoms with Crippen LogP contribution in [0.25, 0.3) is 11.2 Å². The summed E-state index contributed by atoms with van der Waals surface area (Å²) in [6.07, 6.45) is 5.11. The predicted octanol–water partition coefficient (Wildman–Crippen LogP) is 16.0. The minimum absolute atomic E-state index is 0.117. The van der Waals surface area contributed by atoms with Crippen molar-refractivity contribution in [2.45, 2.75) is 55.4 Å². The fourth-order valence-corrected chi connectivity index (χ4v) is 13.0. The van der Waals surface area contributed by atoms with Crippen molar-refractivity contribution in [3.63, 3.8) is 0 Å². The van der Waals surface area contributed by atoms with Gasteiger partial charge in [-0.15, -0.1) is 0 Å². The van der Waals surface area contributed by atoms with Crippen molar-refractivity contribution in [3.05, 3.63) is 341 Å². The molecular weight excluding hydrogens is 1220 g/mol. The highest BCUT2D eigenvalue weighted by Crippen LogP contribution is 2.47. The van der Waals surface area contributed by atoms with Gasteiger partial charge in [0.05, 0.1) is 74.9 Å². The monoisotopic (exact) mass is 1290 g/mol. The van der Waals surface area contributed by atoms with E-state index >= 15 is 0 Å². The number of hydrogen-bond acceptors (Lipinski definition) is 14. The van der Waals surface area contributed by atoms with E-state index in [4.69, 9.17) is 62.1 Å². The number of fused-ring (bicyclic) bond motifs is 1. The molecule has 0 amide bonds. The molecule has 15 heteroatoms. The maximum Gasteiger partial charge on any atom is 0.245 e. The fourth-order valence-electron chi connectivity index (χ4n) is 13.0. The lowest BCUT2D eigenvalue weighted by Gasteiger charge is -2.37.